The maximum atomic E-state index is 11.7. The fourth-order valence-corrected chi connectivity index (χ4v) is 2.62. The Hall–Kier alpha value is -1.14. The van der Waals surface area contributed by atoms with E-state index in [-0.39, 0.29) is 5.76 Å². The van der Waals surface area contributed by atoms with Crippen molar-refractivity contribution in [1.82, 2.24) is 4.98 Å². The second-order valence-corrected chi connectivity index (χ2v) is 5.80. The van der Waals surface area contributed by atoms with Crippen LogP contribution in [0.4, 0.5) is 0 Å². The molecule has 18 heavy (non-hydrogen) atoms. The van der Waals surface area contributed by atoms with Gasteiger partial charge in [0.05, 0.1) is 16.1 Å². The SMILES string of the molecule is CCOC(=O)c1oc(-c2csc(Br)c2)nc1CC. The summed E-state index contributed by atoms with van der Waals surface area (Å²) < 4.78 is 11.5. The number of ether oxygens (including phenoxy) is 1. The first-order chi connectivity index (χ1) is 8.65. The first-order valence-corrected chi connectivity index (χ1v) is 7.24. The van der Waals surface area contributed by atoms with E-state index in [0.717, 1.165) is 9.35 Å². The van der Waals surface area contributed by atoms with E-state index in [4.69, 9.17) is 9.15 Å². The average Bonchev–Trinajstić information content (AvgIpc) is 2.94. The molecule has 0 aliphatic heterocycles. The Balaban J connectivity index is 2.37. The minimum atomic E-state index is -0.456. The lowest BCUT2D eigenvalue weighted by atomic mass is 10.3. The molecular weight excluding hydrogens is 318 g/mol. The van der Waals surface area contributed by atoms with Crippen LogP contribution in [0.25, 0.3) is 11.5 Å². The largest absolute Gasteiger partial charge is 0.460 e. The molecule has 0 N–H and O–H groups in total. The van der Waals surface area contributed by atoms with Crippen molar-refractivity contribution in [2.24, 2.45) is 0 Å². The van der Waals surface area contributed by atoms with Gasteiger partial charge in [0.1, 0.15) is 0 Å². The van der Waals surface area contributed by atoms with E-state index < -0.39 is 5.97 Å². The summed E-state index contributed by atoms with van der Waals surface area (Å²) in [4.78, 5) is 16.0. The number of carbonyl (C=O) groups excluding carboxylic acids is 1. The minimum absolute atomic E-state index is 0.205. The molecule has 96 valence electrons. The molecule has 6 heteroatoms. The smallest absolute Gasteiger partial charge is 0.376 e. The first kappa shape index (κ1) is 13.3. The third-order valence-electron chi connectivity index (χ3n) is 2.31. The van der Waals surface area contributed by atoms with Crippen LogP contribution >= 0.6 is 27.3 Å². The van der Waals surface area contributed by atoms with E-state index in [1.54, 1.807) is 18.3 Å². The fraction of sp³-hybridized carbons (Fsp3) is 0.333. The van der Waals surface area contributed by atoms with Crippen LogP contribution in [-0.4, -0.2) is 17.6 Å². The van der Waals surface area contributed by atoms with Gasteiger partial charge in [-0.05, 0) is 35.3 Å². The topological polar surface area (TPSA) is 52.3 Å². The Morgan fingerprint density at radius 1 is 1.56 bits per heavy atom. The second kappa shape index (κ2) is 5.67. The predicted octanol–water partition coefficient (Wildman–Crippen LogP) is 3.90. The molecule has 0 fully saturated rings. The van der Waals surface area contributed by atoms with E-state index in [0.29, 0.717) is 24.6 Å². The van der Waals surface area contributed by atoms with Crippen molar-refractivity contribution in [2.75, 3.05) is 6.61 Å². The van der Waals surface area contributed by atoms with Gasteiger partial charge in [-0.2, -0.15) is 0 Å². The molecule has 2 aromatic rings. The molecule has 0 amide bonds. The van der Waals surface area contributed by atoms with Gasteiger partial charge in [-0.3, -0.25) is 0 Å². The van der Waals surface area contributed by atoms with Crippen molar-refractivity contribution >= 4 is 33.2 Å². The molecular formula is C12H12BrNO3S. The molecule has 0 atom stereocenters. The third kappa shape index (κ3) is 2.64. The summed E-state index contributed by atoms with van der Waals surface area (Å²) in [5.74, 6) is 0.205. The zero-order chi connectivity index (χ0) is 13.1. The molecule has 2 rings (SSSR count). The third-order valence-corrected chi connectivity index (χ3v) is 3.81. The Morgan fingerprint density at radius 2 is 2.33 bits per heavy atom. The van der Waals surface area contributed by atoms with Crippen LogP contribution in [-0.2, 0) is 11.2 Å². The second-order valence-electron chi connectivity index (χ2n) is 3.51. The lowest BCUT2D eigenvalue weighted by molar-refractivity contribution is 0.0489. The molecule has 0 aromatic carbocycles. The maximum Gasteiger partial charge on any atom is 0.376 e. The molecule has 0 unspecified atom stereocenters. The number of aromatic nitrogens is 1. The van der Waals surface area contributed by atoms with Crippen molar-refractivity contribution in [3.63, 3.8) is 0 Å². The summed E-state index contributed by atoms with van der Waals surface area (Å²) in [6.45, 7) is 4.01. The van der Waals surface area contributed by atoms with Gasteiger partial charge in [0.25, 0.3) is 0 Å². The molecule has 0 spiro atoms. The van der Waals surface area contributed by atoms with Crippen LogP contribution in [0, 0.1) is 0 Å². The Morgan fingerprint density at radius 3 is 2.89 bits per heavy atom. The van der Waals surface area contributed by atoms with E-state index in [1.807, 2.05) is 18.4 Å². The standard InChI is InChI=1S/C12H12BrNO3S/c1-3-8-10(12(15)16-4-2)17-11(14-8)7-5-9(13)18-6-7/h5-6H,3-4H2,1-2H3. The van der Waals surface area contributed by atoms with Gasteiger partial charge in [0, 0.05) is 10.9 Å². The number of rotatable bonds is 4. The summed E-state index contributed by atoms with van der Waals surface area (Å²) in [7, 11) is 0. The summed E-state index contributed by atoms with van der Waals surface area (Å²) >= 11 is 4.92. The molecule has 0 saturated carbocycles. The van der Waals surface area contributed by atoms with Gasteiger partial charge in [-0.25, -0.2) is 9.78 Å². The normalized spacial score (nSPS) is 10.6. The molecule has 2 aromatic heterocycles. The van der Waals surface area contributed by atoms with Crippen LogP contribution in [0.3, 0.4) is 0 Å². The van der Waals surface area contributed by atoms with Crippen LogP contribution in [0.5, 0.6) is 0 Å². The number of halogens is 1. The number of oxazole rings is 1. The number of hydrogen-bond acceptors (Lipinski definition) is 5. The number of nitrogens with zero attached hydrogens (tertiary/aromatic N) is 1. The summed E-state index contributed by atoms with van der Waals surface area (Å²) in [5.41, 5.74) is 1.49. The highest BCUT2D eigenvalue weighted by Gasteiger charge is 2.21. The van der Waals surface area contributed by atoms with Crippen molar-refractivity contribution in [1.29, 1.82) is 0 Å². The van der Waals surface area contributed by atoms with E-state index in [2.05, 4.69) is 20.9 Å². The number of aryl methyl sites for hydroxylation is 1. The Labute approximate surface area is 117 Å². The van der Waals surface area contributed by atoms with Crippen molar-refractivity contribution < 1.29 is 13.9 Å². The van der Waals surface area contributed by atoms with Crippen LogP contribution in [0.15, 0.2) is 19.6 Å². The Bertz CT molecular complexity index is 561. The zero-order valence-electron chi connectivity index (χ0n) is 10.0. The molecule has 0 aliphatic carbocycles. The van der Waals surface area contributed by atoms with Gasteiger partial charge < -0.3 is 9.15 Å². The summed E-state index contributed by atoms with van der Waals surface area (Å²) in [5, 5.41) is 1.92. The van der Waals surface area contributed by atoms with Crippen LogP contribution < -0.4 is 0 Å². The average molecular weight is 330 g/mol. The number of thiophene rings is 1. The van der Waals surface area contributed by atoms with Gasteiger partial charge >= 0.3 is 5.97 Å². The van der Waals surface area contributed by atoms with E-state index >= 15 is 0 Å². The Kier molecular flexibility index (Phi) is 4.19. The fourth-order valence-electron chi connectivity index (χ4n) is 1.49. The number of esters is 1. The van der Waals surface area contributed by atoms with Crippen molar-refractivity contribution in [3.05, 3.63) is 26.7 Å². The molecule has 4 nitrogen and oxygen atoms in total. The van der Waals surface area contributed by atoms with Crippen LogP contribution in [0.1, 0.15) is 30.1 Å². The number of hydrogen-bond donors (Lipinski definition) is 0. The molecule has 2 heterocycles. The highest BCUT2D eigenvalue weighted by molar-refractivity contribution is 9.11. The van der Waals surface area contributed by atoms with Gasteiger partial charge in [-0.15, -0.1) is 11.3 Å². The monoisotopic (exact) mass is 329 g/mol. The molecule has 0 radical (unpaired) electrons. The lowest BCUT2D eigenvalue weighted by Crippen LogP contribution is -2.05. The van der Waals surface area contributed by atoms with Crippen LogP contribution in [0.2, 0.25) is 0 Å². The lowest BCUT2D eigenvalue weighted by Gasteiger charge is -1.98. The zero-order valence-corrected chi connectivity index (χ0v) is 12.4. The quantitative estimate of drug-likeness (QED) is 0.798. The highest BCUT2D eigenvalue weighted by atomic mass is 79.9. The van der Waals surface area contributed by atoms with E-state index in [1.165, 1.54) is 0 Å². The minimum Gasteiger partial charge on any atom is -0.460 e. The highest BCUT2D eigenvalue weighted by Crippen LogP contribution is 2.30. The van der Waals surface area contributed by atoms with Gasteiger partial charge in [0.2, 0.25) is 11.7 Å². The predicted molar refractivity (Wildman–Crippen MR) is 72.9 cm³/mol. The number of carbonyl (C=O) groups is 1. The summed E-state index contributed by atoms with van der Waals surface area (Å²) in [6.07, 6.45) is 0.628. The van der Waals surface area contributed by atoms with Gasteiger partial charge in [-0.1, -0.05) is 6.92 Å². The van der Waals surface area contributed by atoms with Gasteiger partial charge in [0.15, 0.2) is 0 Å². The first-order valence-electron chi connectivity index (χ1n) is 5.56. The van der Waals surface area contributed by atoms with E-state index in [9.17, 15) is 4.79 Å². The maximum absolute atomic E-state index is 11.7. The molecule has 0 saturated heterocycles. The van der Waals surface area contributed by atoms with Crippen molar-refractivity contribution in [2.45, 2.75) is 20.3 Å². The van der Waals surface area contributed by atoms with Crippen molar-refractivity contribution in [3.8, 4) is 11.5 Å². The molecule has 0 aliphatic rings. The summed E-state index contributed by atoms with van der Waals surface area (Å²) in [6, 6.07) is 1.91. The molecule has 0 bridgehead atoms.